The number of hydrogen-bond donors (Lipinski definition) is 1. The molecular weight excluding hydrogens is 236 g/mol. The van der Waals surface area contributed by atoms with E-state index in [4.69, 9.17) is 4.74 Å². The van der Waals surface area contributed by atoms with Crippen molar-refractivity contribution >= 4 is 10.8 Å². The smallest absolute Gasteiger partial charge is 0.124 e. The molecule has 0 aliphatic rings. The second kappa shape index (κ2) is 4.65. The van der Waals surface area contributed by atoms with Crippen molar-refractivity contribution in [1.82, 2.24) is 0 Å². The summed E-state index contributed by atoms with van der Waals surface area (Å²) in [7, 11) is 1.64. The molecule has 0 unspecified atom stereocenters. The average Bonchev–Trinajstić information content (AvgIpc) is 2.47. The van der Waals surface area contributed by atoms with Crippen molar-refractivity contribution in [3.63, 3.8) is 0 Å². The van der Waals surface area contributed by atoms with Gasteiger partial charge in [0, 0.05) is 5.56 Å². The van der Waals surface area contributed by atoms with Gasteiger partial charge in [0.05, 0.1) is 7.11 Å². The highest BCUT2D eigenvalue weighted by Crippen LogP contribution is 2.37. The van der Waals surface area contributed by atoms with Crippen molar-refractivity contribution in [1.29, 1.82) is 0 Å². The number of ether oxygens (including phenoxy) is 1. The van der Waals surface area contributed by atoms with Crippen LogP contribution >= 0.6 is 0 Å². The number of phenols is 1. The standard InChI is InChI=1S/C17H14O2/c1-19-14-9-7-12-8-10-16(18)17(15(12)11-14)13-5-3-2-4-6-13/h2-11,18H,1H3. The second-order valence-electron chi connectivity index (χ2n) is 4.41. The predicted molar refractivity (Wildman–Crippen MR) is 77.6 cm³/mol. The van der Waals surface area contributed by atoms with Gasteiger partial charge in [0.15, 0.2) is 0 Å². The lowest BCUT2D eigenvalue weighted by atomic mass is 9.97. The molecule has 0 spiro atoms. The SMILES string of the molecule is COc1ccc2ccc(O)c(-c3ccccc3)c2c1. The van der Waals surface area contributed by atoms with E-state index in [1.54, 1.807) is 13.2 Å². The Morgan fingerprint density at radius 1 is 0.895 bits per heavy atom. The Morgan fingerprint density at radius 2 is 1.63 bits per heavy atom. The van der Waals surface area contributed by atoms with Gasteiger partial charge in [-0.25, -0.2) is 0 Å². The maximum Gasteiger partial charge on any atom is 0.124 e. The summed E-state index contributed by atoms with van der Waals surface area (Å²) in [5.74, 6) is 1.07. The van der Waals surface area contributed by atoms with Crippen LogP contribution in [0.5, 0.6) is 11.5 Å². The zero-order chi connectivity index (χ0) is 13.2. The third kappa shape index (κ3) is 2.02. The maximum atomic E-state index is 10.2. The van der Waals surface area contributed by atoms with Gasteiger partial charge in [-0.2, -0.15) is 0 Å². The molecule has 0 radical (unpaired) electrons. The fraction of sp³-hybridized carbons (Fsp3) is 0.0588. The molecule has 0 aliphatic carbocycles. The summed E-state index contributed by atoms with van der Waals surface area (Å²) in [6.45, 7) is 0. The summed E-state index contributed by atoms with van der Waals surface area (Å²) in [5, 5.41) is 12.3. The van der Waals surface area contributed by atoms with Crippen molar-refractivity contribution in [3.05, 3.63) is 60.7 Å². The van der Waals surface area contributed by atoms with Crippen molar-refractivity contribution in [3.8, 4) is 22.6 Å². The van der Waals surface area contributed by atoms with Gasteiger partial charge in [0.1, 0.15) is 11.5 Å². The molecule has 0 aromatic heterocycles. The highest BCUT2D eigenvalue weighted by Gasteiger charge is 2.09. The molecule has 19 heavy (non-hydrogen) atoms. The topological polar surface area (TPSA) is 29.5 Å². The van der Waals surface area contributed by atoms with Crippen molar-refractivity contribution in [2.24, 2.45) is 0 Å². The quantitative estimate of drug-likeness (QED) is 0.737. The van der Waals surface area contributed by atoms with Crippen LogP contribution < -0.4 is 4.74 Å². The Labute approximate surface area is 111 Å². The van der Waals surface area contributed by atoms with E-state index < -0.39 is 0 Å². The Kier molecular flexibility index (Phi) is 2.84. The highest BCUT2D eigenvalue weighted by molar-refractivity contribution is 6.00. The molecule has 3 aromatic rings. The van der Waals surface area contributed by atoms with Crippen LogP contribution in [-0.2, 0) is 0 Å². The number of rotatable bonds is 2. The minimum Gasteiger partial charge on any atom is -0.507 e. The number of benzene rings is 3. The Morgan fingerprint density at radius 3 is 2.37 bits per heavy atom. The van der Waals surface area contributed by atoms with Crippen LogP contribution in [0.2, 0.25) is 0 Å². The molecular formula is C17H14O2. The van der Waals surface area contributed by atoms with E-state index in [9.17, 15) is 5.11 Å². The molecule has 0 atom stereocenters. The number of aromatic hydroxyl groups is 1. The largest absolute Gasteiger partial charge is 0.507 e. The molecule has 0 bridgehead atoms. The van der Waals surface area contributed by atoms with Gasteiger partial charge in [-0.05, 0) is 34.5 Å². The summed E-state index contributed by atoms with van der Waals surface area (Å²) in [4.78, 5) is 0. The summed E-state index contributed by atoms with van der Waals surface area (Å²) in [6.07, 6.45) is 0. The number of fused-ring (bicyclic) bond motifs is 1. The number of methoxy groups -OCH3 is 1. The molecule has 2 heteroatoms. The van der Waals surface area contributed by atoms with Gasteiger partial charge in [0.2, 0.25) is 0 Å². The van der Waals surface area contributed by atoms with Gasteiger partial charge in [-0.3, -0.25) is 0 Å². The summed E-state index contributed by atoms with van der Waals surface area (Å²) in [6, 6.07) is 19.4. The number of phenolic OH excluding ortho intramolecular Hbond substituents is 1. The maximum absolute atomic E-state index is 10.2. The normalized spacial score (nSPS) is 10.6. The average molecular weight is 250 g/mol. The van der Waals surface area contributed by atoms with E-state index >= 15 is 0 Å². The molecule has 2 nitrogen and oxygen atoms in total. The lowest BCUT2D eigenvalue weighted by Crippen LogP contribution is -1.86. The zero-order valence-electron chi connectivity index (χ0n) is 10.6. The van der Waals surface area contributed by atoms with Crippen LogP contribution in [0.4, 0.5) is 0 Å². The minimum atomic E-state index is 0.284. The summed E-state index contributed by atoms with van der Waals surface area (Å²) >= 11 is 0. The second-order valence-corrected chi connectivity index (χ2v) is 4.41. The van der Waals surface area contributed by atoms with Crippen LogP contribution in [-0.4, -0.2) is 12.2 Å². The third-order valence-corrected chi connectivity index (χ3v) is 3.27. The zero-order valence-corrected chi connectivity index (χ0v) is 10.6. The first-order valence-corrected chi connectivity index (χ1v) is 6.15. The highest BCUT2D eigenvalue weighted by atomic mass is 16.5. The first kappa shape index (κ1) is 11.6. The lowest BCUT2D eigenvalue weighted by molar-refractivity contribution is 0.415. The molecule has 3 aromatic carbocycles. The Bertz CT molecular complexity index is 718. The van der Waals surface area contributed by atoms with E-state index in [0.717, 1.165) is 27.6 Å². The molecule has 0 fully saturated rings. The van der Waals surface area contributed by atoms with E-state index in [1.807, 2.05) is 54.6 Å². The first-order chi connectivity index (χ1) is 9.29. The van der Waals surface area contributed by atoms with Crippen molar-refractivity contribution in [2.75, 3.05) is 7.11 Å². The molecule has 0 amide bonds. The van der Waals surface area contributed by atoms with Crippen LogP contribution in [0.1, 0.15) is 0 Å². The first-order valence-electron chi connectivity index (χ1n) is 6.15. The lowest BCUT2D eigenvalue weighted by Gasteiger charge is -2.10. The van der Waals surface area contributed by atoms with Gasteiger partial charge in [-0.1, -0.05) is 42.5 Å². The van der Waals surface area contributed by atoms with Crippen LogP contribution in [0.25, 0.3) is 21.9 Å². The molecule has 1 N–H and O–H groups in total. The van der Waals surface area contributed by atoms with Crippen LogP contribution in [0.15, 0.2) is 60.7 Å². The third-order valence-electron chi connectivity index (χ3n) is 3.27. The van der Waals surface area contributed by atoms with E-state index in [-0.39, 0.29) is 5.75 Å². The molecule has 0 saturated heterocycles. The van der Waals surface area contributed by atoms with E-state index in [1.165, 1.54) is 0 Å². The summed E-state index contributed by atoms with van der Waals surface area (Å²) in [5.41, 5.74) is 1.84. The van der Waals surface area contributed by atoms with Gasteiger partial charge >= 0.3 is 0 Å². The van der Waals surface area contributed by atoms with Gasteiger partial charge in [0.25, 0.3) is 0 Å². The minimum absolute atomic E-state index is 0.284. The predicted octanol–water partition coefficient (Wildman–Crippen LogP) is 4.22. The molecule has 3 rings (SSSR count). The monoisotopic (exact) mass is 250 g/mol. The van der Waals surface area contributed by atoms with Gasteiger partial charge in [-0.15, -0.1) is 0 Å². The molecule has 0 aliphatic heterocycles. The van der Waals surface area contributed by atoms with Crippen molar-refractivity contribution < 1.29 is 9.84 Å². The van der Waals surface area contributed by atoms with E-state index in [0.29, 0.717) is 0 Å². The fourth-order valence-electron chi connectivity index (χ4n) is 2.32. The van der Waals surface area contributed by atoms with Crippen LogP contribution in [0, 0.1) is 0 Å². The van der Waals surface area contributed by atoms with Crippen molar-refractivity contribution in [2.45, 2.75) is 0 Å². The van der Waals surface area contributed by atoms with Gasteiger partial charge < -0.3 is 9.84 Å². The molecule has 0 saturated carbocycles. The van der Waals surface area contributed by atoms with E-state index in [2.05, 4.69) is 0 Å². The molecule has 0 heterocycles. The van der Waals surface area contributed by atoms with Crippen LogP contribution in [0.3, 0.4) is 0 Å². The fourth-order valence-corrected chi connectivity index (χ4v) is 2.32. The Hall–Kier alpha value is -2.48. The Balaban J connectivity index is 2.35. The summed E-state index contributed by atoms with van der Waals surface area (Å²) < 4.78 is 5.27. The number of hydrogen-bond acceptors (Lipinski definition) is 2. The molecule has 94 valence electrons.